The number of methoxy groups -OCH3 is 2. The zero-order valence-electron chi connectivity index (χ0n) is 24.5. The molecule has 0 spiro atoms. The Balaban J connectivity index is 0.000000207. The van der Waals surface area contributed by atoms with E-state index in [-0.39, 0.29) is 11.8 Å². The fourth-order valence-electron chi connectivity index (χ4n) is 3.86. The first-order chi connectivity index (χ1) is 21.5. The number of nitrogens with zero attached hydrogens (tertiary/aromatic N) is 9. The van der Waals surface area contributed by atoms with Gasteiger partial charge in [-0.2, -0.15) is 38.6 Å². The molecule has 0 saturated heterocycles. The molecule has 1 aromatic carbocycles. The van der Waals surface area contributed by atoms with E-state index in [4.69, 9.17) is 26.3 Å². The molecule has 0 amide bonds. The fraction of sp³-hybridized carbons (Fsp3) is 0.222. The van der Waals surface area contributed by atoms with Crippen molar-refractivity contribution in [1.82, 2.24) is 39.5 Å². The SMILES string of the molecule is CNc1nc(Nc2cnn(C)c2OC)ncc1C(F)(F)F.COc1nc(Nc2cnn(-c3ccc(C#N)cc3)c2C)ncc1Cl. The maximum absolute atomic E-state index is 12.7. The van der Waals surface area contributed by atoms with Gasteiger partial charge in [-0.1, -0.05) is 11.6 Å². The Morgan fingerprint density at radius 1 is 0.911 bits per heavy atom. The first kappa shape index (κ1) is 32.3. The molecule has 45 heavy (non-hydrogen) atoms. The highest BCUT2D eigenvalue weighted by Crippen LogP contribution is 2.34. The predicted molar refractivity (Wildman–Crippen MR) is 160 cm³/mol. The molecule has 14 nitrogen and oxygen atoms in total. The van der Waals surface area contributed by atoms with Crippen molar-refractivity contribution in [2.45, 2.75) is 13.1 Å². The van der Waals surface area contributed by atoms with Gasteiger partial charge < -0.3 is 25.4 Å². The number of aromatic nitrogens is 8. The second kappa shape index (κ2) is 13.8. The topological polar surface area (TPSA) is 166 Å². The van der Waals surface area contributed by atoms with E-state index in [2.05, 4.69) is 52.2 Å². The van der Waals surface area contributed by atoms with Gasteiger partial charge in [0, 0.05) is 20.3 Å². The normalized spacial score (nSPS) is 10.8. The fourth-order valence-corrected chi connectivity index (χ4v) is 4.03. The van der Waals surface area contributed by atoms with Crippen LogP contribution in [-0.2, 0) is 13.2 Å². The first-order valence-corrected chi connectivity index (χ1v) is 13.2. The molecule has 18 heteroatoms. The second-order valence-corrected chi connectivity index (χ2v) is 9.32. The Morgan fingerprint density at radius 2 is 1.56 bits per heavy atom. The summed E-state index contributed by atoms with van der Waals surface area (Å²) >= 11 is 5.92. The van der Waals surface area contributed by atoms with E-state index in [0.717, 1.165) is 17.1 Å². The summed E-state index contributed by atoms with van der Waals surface area (Å²) in [5.74, 6) is 0.746. The number of hydrogen-bond donors (Lipinski definition) is 3. The van der Waals surface area contributed by atoms with Gasteiger partial charge in [-0.3, -0.25) is 0 Å². The Bertz CT molecular complexity index is 1820. The van der Waals surface area contributed by atoms with Crippen molar-refractivity contribution in [3.63, 3.8) is 0 Å². The van der Waals surface area contributed by atoms with Crippen LogP contribution in [0, 0.1) is 18.3 Å². The van der Waals surface area contributed by atoms with Gasteiger partial charge in [-0.25, -0.2) is 19.3 Å². The number of alkyl halides is 3. The minimum atomic E-state index is -4.52. The number of halogens is 4. The van der Waals surface area contributed by atoms with E-state index in [1.165, 1.54) is 38.3 Å². The molecule has 3 N–H and O–H groups in total. The lowest BCUT2D eigenvalue weighted by Crippen LogP contribution is -2.12. The summed E-state index contributed by atoms with van der Waals surface area (Å²) < 4.78 is 51.6. The monoisotopic (exact) mass is 642 g/mol. The highest BCUT2D eigenvalue weighted by molar-refractivity contribution is 6.31. The van der Waals surface area contributed by atoms with Crippen molar-refractivity contribution in [2.75, 3.05) is 37.2 Å². The summed E-state index contributed by atoms with van der Waals surface area (Å²) in [6.07, 6.45) is 0.792. The molecule has 0 atom stereocenters. The number of nitriles is 1. The molecule has 0 aliphatic rings. The number of benzene rings is 1. The number of rotatable bonds is 8. The van der Waals surface area contributed by atoms with E-state index >= 15 is 0 Å². The third kappa shape index (κ3) is 7.48. The van der Waals surface area contributed by atoms with Crippen LogP contribution < -0.4 is 25.4 Å². The summed E-state index contributed by atoms with van der Waals surface area (Å²) in [5.41, 5.74) is 2.59. The van der Waals surface area contributed by atoms with Gasteiger partial charge in [0.1, 0.15) is 22.1 Å². The van der Waals surface area contributed by atoms with Crippen molar-refractivity contribution in [3.05, 3.63) is 70.9 Å². The van der Waals surface area contributed by atoms with Gasteiger partial charge in [0.15, 0.2) is 0 Å². The van der Waals surface area contributed by atoms with Crippen LogP contribution in [-0.4, -0.2) is 60.8 Å². The lowest BCUT2D eigenvalue weighted by atomic mass is 10.2. The van der Waals surface area contributed by atoms with Crippen LogP contribution in [0.5, 0.6) is 11.8 Å². The van der Waals surface area contributed by atoms with E-state index in [1.54, 1.807) is 30.1 Å². The smallest absolute Gasteiger partial charge is 0.421 e. The lowest BCUT2D eigenvalue weighted by Gasteiger charge is -2.12. The van der Waals surface area contributed by atoms with Crippen molar-refractivity contribution < 1.29 is 22.6 Å². The van der Waals surface area contributed by atoms with Gasteiger partial charge in [0.25, 0.3) is 0 Å². The maximum Gasteiger partial charge on any atom is 0.421 e. The Labute approximate surface area is 259 Å². The van der Waals surface area contributed by atoms with Crippen molar-refractivity contribution in [1.29, 1.82) is 5.26 Å². The average Bonchev–Trinajstić information content (AvgIpc) is 3.58. The van der Waals surface area contributed by atoms with Crippen LogP contribution in [0.15, 0.2) is 49.1 Å². The summed E-state index contributed by atoms with van der Waals surface area (Å²) in [7, 11) is 5.96. The number of nitrogens with one attached hydrogen (secondary N) is 3. The van der Waals surface area contributed by atoms with Gasteiger partial charge >= 0.3 is 6.18 Å². The highest BCUT2D eigenvalue weighted by Gasteiger charge is 2.35. The molecule has 0 unspecified atom stereocenters. The lowest BCUT2D eigenvalue weighted by molar-refractivity contribution is -0.137. The number of aryl methyl sites for hydroxylation is 1. The van der Waals surface area contributed by atoms with E-state index in [9.17, 15) is 13.2 Å². The Morgan fingerprint density at radius 3 is 2.18 bits per heavy atom. The predicted octanol–water partition coefficient (Wildman–Crippen LogP) is 5.27. The second-order valence-electron chi connectivity index (χ2n) is 8.91. The van der Waals surface area contributed by atoms with Crippen LogP contribution in [0.3, 0.4) is 0 Å². The maximum atomic E-state index is 12.7. The van der Waals surface area contributed by atoms with E-state index in [1.807, 2.05) is 19.1 Å². The zero-order chi connectivity index (χ0) is 32.7. The first-order valence-electron chi connectivity index (χ1n) is 12.8. The molecule has 5 rings (SSSR count). The van der Waals surface area contributed by atoms with Crippen LogP contribution in [0.2, 0.25) is 5.02 Å². The molecular weight excluding hydrogens is 617 g/mol. The van der Waals surface area contributed by atoms with Crippen molar-refractivity contribution >= 4 is 40.7 Å². The quantitative estimate of drug-likeness (QED) is 0.201. The molecule has 0 fully saturated rings. The van der Waals surface area contributed by atoms with Gasteiger partial charge in [-0.05, 0) is 31.2 Å². The molecular formula is C27H26ClF3N12O2. The third-order valence-corrected chi connectivity index (χ3v) is 6.32. The molecule has 0 saturated carbocycles. The van der Waals surface area contributed by atoms with Crippen LogP contribution in [0.4, 0.5) is 42.3 Å². The standard InChI is InChI=1S/C16H13ClN6O.C11H13F3N6O/c1-10-14(21-16-19-8-13(17)15(22-16)24-2)9-20-23(10)12-5-3-11(7-18)4-6-12;1-15-8-6(11(12,13)14)4-16-10(19-8)18-7-5-17-20(2)9(7)21-3/h3-6,8-9H,1-2H3,(H,19,21,22);4-5H,1-3H3,(H2,15,16,18,19). The van der Waals surface area contributed by atoms with Gasteiger partial charge in [-0.15, -0.1) is 0 Å². The molecule has 4 aromatic heterocycles. The number of anilines is 5. The molecule has 0 bridgehead atoms. The van der Waals surface area contributed by atoms with E-state index < -0.39 is 11.7 Å². The Hall–Kier alpha value is -5.63. The van der Waals surface area contributed by atoms with Gasteiger partial charge in [0.05, 0.1) is 61.5 Å². The summed E-state index contributed by atoms with van der Waals surface area (Å²) in [6, 6.07) is 9.26. The van der Waals surface area contributed by atoms with Crippen LogP contribution in [0.25, 0.3) is 5.69 Å². The number of hydrogen-bond acceptors (Lipinski definition) is 12. The van der Waals surface area contributed by atoms with Gasteiger partial charge in [0.2, 0.25) is 23.7 Å². The number of ether oxygens (including phenoxy) is 2. The molecule has 5 aromatic rings. The summed E-state index contributed by atoms with van der Waals surface area (Å²) in [5, 5.41) is 25.8. The van der Waals surface area contributed by atoms with Crippen LogP contribution in [0.1, 0.15) is 16.8 Å². The van der Waals surface area contributed by atoms with Crippen molar-refractivity contribution in [3.8, 4) is 23.5 Å². The molecule has 0 aliphatic heterocycles. The molecule has 0 aliphatic carbocycles. The molecule has 4 heterocycles. The minimum absolute atomic E-state index is 0.00125. The summed E-state index contributed by atoms with van der Waals surface area (Å²) in [4.78, 5) is 15.8. The molecule has 0 radical (unpaired) electrons. The van der Waals surface area contributed by atoms with E-state index in [0.29, 0.717) is 40.2 Å². The Kier molecular flexibility index (Phi) is 9.88. The highest BCUT2D eigenvalue weighted by atomic mass is 35.5. The third-order valence-electron chi connectivity index (χ3n) is 6.06. The molecule has 234 valence electrons. The average molecular weight is 643 g/mol. The summed E-state index contributed by atoms with van der Waals surface area (Å²) in [6.45, 7) is 1.92. The minimum Gasteiger partial charge on any atom is -0.480 e. The zero-order valence-corrected chi connectivity index (χ0v) is 25.2. The van der Waals surface area contributed by atoms with Crippen LogP contribution >= 0.6 is 11.6 Å². The largest absolute Gasteiger partial charge is 0.480 e. The van der Waals surface area contributed by atoms with Crippen molar-refractivity contribution in [2.24, 2.45) is 7.05 Å².